The number of hydrogen-bond acceptors (Lipinski definition) is 5. The van der Waals surface area contributed by atoms with Crippen LogP contribution >= 0.6 is 15.9 Å². The molecular weight excluding hydrogens is 436 g/mol. The Bertz CT molecular complexity index is 957. The van der Waals surface area contributed by atoms with Gasteiger partial charge in [-0.25, -0.2) is 0 Å². The Hall–Kier alpha value is -2.51. The molecule has 1 unspecified atom stereocenters. The minimum absolute atomic E-state index is 0.00871. The first kappa shape index (κ1) is 21.2. The summed E-state index contributed by atoms with van der Waals surface area (Å²) in [6.07, 6.45) is 3.23. The average Bonchev–Trinajstić information content (AvgIpc) is 2.95. The van der Waals surface area contributed by atoms with Crippen LogP contribution in [0.5, 0.6) is 0 Å². The first-order valence-corrected chi connectivity index (χ1v) is 10.2. The van der Waals surface area contributed by atoms with Crippen molar-refractivity contribution in [2.75, 3.05) is 13.2 Å². The number of amides is 1. The first-order valence-electron chi connectivity index (χ1n) is 9.37. The maximum atomic E-state index is 12.9. The third-order valence-electron chi connectivity index (χ3n) is 4.75. The summed E-state index contributed by atoms with van der Waals surface area (Å²) in [6.45, 7) is 6.23. The van der Waals surface area contributed by atoms with Gasteiger partial charge < -0.3 is 14.7 Å². The lowest BCUT2D eigenvalue weighted by Crippen LogP contribution is -2.33. The first-order chi connectivity index (χ1) is 13.8. The Kier molecular flexibility index (Phi) is 6.49. The molecule has 0 spiro atoms. The zero-order chi connectivity index (χ0) is 21.1. The number of hydrogen-bond donors (Lipinski definition) is 1. The van der Waals surface area contributed by atoms with Gasteiger partial charge in [-0.3, -0.25) is 14.6 Å². The molecule has 1 aromatic heterocycles. The molecule has 1 atom stereocenters. The highest BCUT2D eigenvalue weighted by Crippen LogP contribution is 2.39. The maximum Gasteiger partial charge on any atom is 0.295 e. The molecule has 0 bridgehead atoms. The van der Waals surface area contributed by atoms with E-state index in [1.165, 1.54) is 4.90 Å². The third-order valence-corrected chi connectivity index (χ3v) is 5.64. The second-order valence-corrected chi connectivity index (χ2v) is 8.02. The van der Waals surface area contributed by atoms with E-state index in [4.69, 9.17) is 4.74 Å². The minimum Gasteiger partial charge on any atom is -0.507 e. The molecule has 0 radical (unpaired) electrons. The summed E-state index contributed by atoms with van der Waals surface area (Å²) in [6, 6.07) is 8.10. The van der Waals surface area contributed by atoms with E-state index in [9.17, 15) is 14.7 Å². The lowest BCUT2D eigenvalue weighted by Gasteiger charge is -2.25. The van der Waals surface area contributed by atoms with Crippen molar-refractivity contribution in [1.82, 2.24) is 9.88 Å². The van der Waals surface area contributed by atoms with Crippen LogP contribution in [0.25, 0.3) is 5.76 Å². The van der Waals surface area contributed by atoms with Crippen LogP contribution in [0.4, 0.5) is 0 Å². The molecule has 2 aromatic rings. The summed E-state index contributed by atoms with van der Waals surface area (Å²) < 4.78 is 6.47. The van der Waals surface area contributed by atoms with Gasteiger partial charge in [0.15, 0.2) is 0 Å². The van der Waals surface area contributed by atoms with Crippen LogP contribution < -0.4 is 0 Å². The minimum atomic E-state index is -0.719. The molecule has 2 heterocycles. The van der Waals surface area contributed by atoms with Crippen LogP contribution in [0.1, 0.15) is 36.6 Å². The van der Waals surface area contributed by atoms with Gasteiger partial charge in [-0.2, -0.15) is 0 Å². The predicted molar refractivity (Wildman–Crippen MR) is 113 cm³/mol. The Morgan fingerprint density at radius 1 is 1.31 bits per heavy atom. The van der Waals surface area contributed by atoms with Gasteiger partial charge in [0.2, 0.25) is 0 Å². The normalized spacial score (nSPS) is 18.7. The number of ether oxygens (including phenoxy) is 1. The van der Waals surface area contributed by atoms with Crippen LogP contribution in [0, 0.1) is 6.92 Å². The number of pyridine rings is 1. The van der Waals surface area contributed by atoms with Crippen molar-refractivity contribution >= 4 is 33.4 Å². The van der Waals surface area contributed by atoms with Crippen molar-refractivity contribution in [3.63, 3.8) is 0 Å². The fraction of sp³-hybridized carbons (Fsp3) is 0.318. The van der Waals surface area contributed by atoms with E-state index in [0.29, 0.717) is 17.7 Å². The van der Waals surface area contributed by atoms with E-state index in [-0.39, 0.29) is 24.0 Å². The van der Waals surface area contributed by atoms with Gasteiger partial charge in [0.1, 0.15) is 5.76 Å². The number of aliphatic hydroxyl groups is 1. The second-order valence-electron chi connectivity index (χ2n) is 7.16. The van der Waals surface area contributed by atoms with E-state index < -0.39 is 17.7 Å². The SMILES string of the molecule is Cc1cc(/C(O)=C2/C(=O)C(=O)N(CCOC(C)C)C2c2cccnc2)ccc1Br. The summed E-state index contributed by atoms with van der Waals surface area (Å²) in [7, 11) is 0. The average molecular weight is 459 g/mol. The molecule has 1 aromatic carbocycles. The van der Waals surface area contributed by atoms with Gasteiger partial charge in [0.25, 0.3) is 11.7 Å². The lowest BCUT2D eigenvalue weighted by molar-refractivity contribution is -0.140. The molecule has 1 aliphatic rings. The number of halogens is 1. The van der Waals surface area contributed by atoms with Gasteiger partial charge in [-0.15, -0.1) is 0 Å². The topological polar surface area (TPSA) is 79.7 Å². The molecule has 3 rings (SSSR count). The standard InChI is InChI=1S/C22H23BrN2O4/c1-13(2)29-10-9-25-19(16-5-4-8-24-12-16)18(21(27)22(25)28)20(26)15-6-7-17(23)14(3)11-15/h4-8,11-13,19,26H,9-10H2,1-3H3/b20-18-. The summed E-state index contributed by atoms with van der Waals surface area (Å²) in [5.41, 5.74) is 2.11. The third kappa shape index (κ3) is 4.41. The van der Waals surface area contributed by atoms with Crippen molar-refractivity contribution in [3.8, 4) is 0 Å². The van der Waals surface area contributed by atoms with Crippen LogP contribution in [0.2, 0.25) is 0 Å². The highest BCUT2D eigenvalue weighted by atomic mass is 79.9. The largest absolute Gasteiger partial charge is 0.507 e. The summed E-state index contributed by atoms with van der Waals surface area (Å²) in [4.78, 5) is 31.2. The summed E-state index contributed by atoms with van der Waals surface area (Å²) in [5.74, 6) is -1.55. The monoisotopic (exact) mass is 458 g/mol. The van der Waals surface area contributed by atoms with Gasteiger partial charge in [-0.05, 0) is 50.1 Å². The highest BCUT2D eigenvalue weighted by molar-refractivity contribution is 9.10. The van der Waals surface area contributed by atoms with Crippen molar-refractivity contribution < 1.29 is 19.4 Å². The molecule has 1 saturated heterocycles. The molecule has 6 nitrogen and oxygen atoms in total. The number of aryl methyl sites for hydroxylation is 1. The Balaban J connectivity index is 2.09. The van der Waals surface area contributed by atoms with E-state index in [1.54, 1.807) is 42.7 Å². The molecule has 0 saturated carbocycles. The number of Topliss-reactive ketones (excluding diaryl/α,β-unsaturated/α-hetero) is 1. The second kappa shape index (κ2) is 8.88. The molecule has 0 aliphatic carbocycles. The Morgan fingerprint density at radius 2 is 2.07 bits per heavy atom. The van der Waals surface area contributed by atoms with E-state index in [1.807, 2.05) is 20.8 Å². The molecule has 152 valence electrons. The number of nitrogens with zero attached hydrogens (tertiary/aromatic N) is 2. The maximum absolute atomic E-state index is 12.9. The number of benzene rings is 1. The number of rotatable bonds is 6. The zero-order valence-electron chi connectivity index (χ0n) is 16.6. The van der Waals surface area contributed by atoms with Crippen LogP contribution in [-0.2, 0) is 14.3 Å². The molecular formula is C22H23BrN2O4. The predicted octanol–water partition coefficient (Wildman–Crippen LogP) is 4.00. The molecule has 29 heavy (non-hydrogen) atoms. The van der Waals surface area contributed by atoms with Gasteiger partial charge in [0.05, 0.1) is 24.3 Å². The van der Waals surface area contributed by atoms with Gasteiger partial charge in [0, 0.05) is 29.0 Å². The summed E-state index contributed by atoms with van der Waals surface area (Å²) >= 11 is 3.43. The number of aliphatic hydroxyl groups excluding tert-OH is 1. The molecule has 1 N–H and O–H groups in total. The fourth-order valence-corrected chi connectivity index (χ4v) is 3.58. The van der Waals surface area contributed by atoms with Crippen molar-refractivity contribution in [2.45, 2.75) is 32.9 Å². The Morgan fingerprint density at radius 3 is 2.69 bits per heavy atom. The number of carbonyl (C=O) groups is 2. The molecule has 1 amide bonds. The van der Waals surface area contributed by atoms with Gasteiger partial charge in [-0.1, -0.05) is 28.1 Å². The lowest BCUT2D eigenvalue weighted by atomic mass is 9.96. The Labute approximate surface area is 178 Å². The van der Waals surface area contributed by atoms with Crippen molar-refractivity contribution in [2.24, 2.45) is 0 Å². The smallest absolute Gasteiger partial charge is 0.295 e. The number of aromatic nitrogens is 1. The van der Waals surface area contributed by atoms with Crippen LogP contribution in [-0.4, -0.2) is 45.9 Å². The zero-order valence-corrected chi connectivity index (χ0v) is 18.1. The van der Waals surface area contributed by atoms with Crippen molar-refractivity contribution in [3.05, 3.63) is 69.5 Å². The highest BCUT2D eigenvalue weighted by Gasteiger charge is 2.46. The van der Waals surface area contributed by atoms with Crippen LogP contribution in [0.3, 0.4) is 0 Å². The van der Waals surface area contributed by atoms with E-state index in [0.717, 1.165) is 10.0 Å². The number of carbonyl (C=O) groups excluding carboxylic acids is 2. The molecule has 7 heteroatoms. The molecule has 1 aliphatic heterocycles. The van der Waals surface area contributed by atoms with Crippen molar-refractivity contribution in [1.29, 1.82) is 0 Å². The van der Waals surface area contributed by atoms with E-state index >= 15 is 0 Å². The van der Waals surface area contributed by atoms with Crippen LogP contribution in [0.15, 0.2) is 52.8 Å². The number of likely N-dealkylation sites (tertiary alicyclic amines) is 1. The summed E-state index contributed by atoms with van der Waals surface area (Å²) in [5, 5.41) is 11.0. The molecule has 1 fully saturated rings. The van der Waals surface area contributed by atoms with E-state index in [2.05, 4.69) is 20.9 Å². The van der Waals surface area contributed by atoms with Gasteiger partial charge >= 0.3 is 0 Å². The quantitative estimate of drug-likeness (QED) is 0.402. The fourth-order valence-electron chi connectivity index (χ4n) is 3.33. The number of ketones is 1.